The van der Waals surface area contributed by atoms with Crippen molar-refractivity contribution in [3.05, 3.63) is 71.3 Å². The summed E-state index contributed by atoms with van der Waals surface area (Å²) in [5.41, 5.74) is 1.52. The molecule has 124 valence electrons. The van der Waals surface area contributed by atoms with Crippen molar-refractivity contribution in [2.45, 2.75) is 13.8 Å². The van der Waals surface area contributed by atoms with Crippen molar-refractivity contribution in [2.75, 3.05) is 4.90 Å². The van der Waals surface area contributed by atoms with E-state index in [0.717, 1.165) is 0 Å². The van der Waals surface area contributed by atoms with Gasteiger partial charge in [0, 0.05) is 0 Å². The van der Waals surface area contributed by atoms with Crippen LogP contribution >= 0.6 is 0 Å². The molecule has 24 heavy (non-hydrogen) atoms. The van der Waals surface area contributed by atoms with Gasteiger partial charge in [-0.1, -0.05) is 36.4 Å². The van der Waals surface area contributed by atoms with Crippen LogP contribution in [0.5, 0.6) is 11.5 Å². The first-order chi connectivity index (χ1) is 11.4. The zero-order chi connectivity index (χ0) is 17.3. The molecule has 1 aliphatic rings. The second-order valence-corrected chi connectivity index (χ2v) is 6.67. The normalized spacial score (nSPS) is 14.7. The topological polar surface area (TPSA) is 66.8 Å². The van der Waals surface area contributed by atoms with E-state index in [0.29, 0.717) is 28.4 Å². The number of ether oxygens (including phenoxy) is 1. The van der Waals surface area contributed by atoms with E-state index in [4.69, 9.17) is 4.74 Å². The highest BCUT2D eigenvalue weighted by Gasteiger charge is 2.33. The quantitative estimate of drug-likeness (QED) is 0.650. The monoisotopic (exact) mass is 343 g/mol. The number of rotatable bonds is 3. The number of allylic oxidation sites excluding steroid dienone is 3. The standard InChI is InChI=1S/C18H17NO4S/c1-3-8-13(2)18(24(20,21)22)19-14-9-4-6-11-16(14)23-17-12-7-5-10-15(17)19/h3-12H,1-2H3,(H,20,21,22)/b8-3+,18-13-. The molecule has 0 aliphatic carbocycles. The maximum Gasteiger partial charge on any atom is 0.310 e. The average molecular weight is 343 g/mol. The Kier molecular flexibility index (Phi) is 4.17. The summed E-state index contributed by atoms with van der Waals surface area (Å²) in [6.07, 6.45) is 3.36. The molecule has 2 aromatic carbocycles. The van der Waals surface area contributed by atoms with Gasteiger partial charge in [-0.3, -0.25) is 9.45 Å². The Bertz CT molecular complexity index is 899. The summed E-state index contributed by atoms with van der Waals surface area (Å²) < 4.78 is 40.0. The minimum atomic E-state index is -4.47. The third-order valence-electron chi connectivity index (χ3n) is 3.63. The molecule has 1 heterocycles. The predicted molar refractivity (Wildman–Crippen MR) is 94.2 cm³/mol. The van der Waals surface area contributed by atoms with Crippen molar-refractivity contribution in [1.82, 2.24) is 0 Å². The Morgan fingerprint density at radius 1 is 1.04 bits per heavy atom. The summed E-state index contributed by atoms with van der Waals surface area (Å²) >= 11 is 0. The van der Waals surface area contributed by atoms with E-state index < -0.39 is 10.1 Å². The van der Waals surface area contributed by atoms with Crippen LogP contribution in [0.4, 0.5) is 11.4 Å². The van der Waals surface area contributed by atoms with Gasteiger partial charge in [0.2, 0.25) is 0 Å². The Labute approximate surface area is 141 Å². The smallest absolute Gasteiger partial charge is 0.310 e. The van der Waals surface area contributed by atoms with Crippen LogP contribution in [0.3, 0.4) is 0 Å². The van der Waals surface area contributed by atoms with Crippen molar-refractivity contribution < 1.29 is 17.7 Å². The van der Waals surface area contributed by atoms with Crippen molar-refractivity contribution >= 4 is 21.5 Å². The van der Waals surface area contributed by atoms with Crippen LogP contribution in [0.25, 0.3) is 0 Å². The fraction of sp³-hybridized carbons (Fsp3) is 0.111. The number of para-hydroxylation sites is 4. The molecule has 0 saturated heterocycles. The summed E-state index contributed by atoms with van der Waals surface area (Å²) in [5.74, 6) is 1.04. The highest BCUT2D eigenvalue weighted by atomic mass is 32.2. The summed E-state index contributed by atoms with van der Waals surface area (Å²) in [7, 11) is -4.47. The lowest BCUT2D eigenvalue weighted by Gasteiger charge is -2.33. The van der Waals surface area contributed by atoms with Gasteiger partial charge in [-0.05, 0) is 43.7 Å². The summed E-state index contributed by atoms with van der Waals surface area (Å²) in [6, 6.07) is 14.2. The molecule has 0 aromatic heterocycles. The molecular formula is C18H17NO4S. The van der Waals surface area contributed by atoms with Gasteiger partial charge in [-0.15, -0.1) is 0 Å². The molecule has 5 nitrogen and oxygen atoms in total. The van der Waals surface area contributed by atoms with Gasteiger partial charge in [-0.25, -0.2) is 0 Å². The molecule has 1 aliphatic heterocycles. The first kappa shape index (κ1) is 16.3. The van der Waals surface area contributed by atoms with Crippen LogP contribution in [-0.2, 0) is 10.1 Å². The van der Waals surface area contributed by atoms with E-state index in [9.17, 15) is 13.0 Å². The van der Waals surface area contributed by atoms with Crippen LogP contribution in [0.1, 0.15) is 13.8 Å². The van der Waals surface area contributed by atoms with Gasteiger partial charge in [0.1, 0.15) is 0 Å². The maximum absolute atomic E-state index is 12.1. The van der Waals surface area contributed by atoms with Gasteiger partial charge in [-0.2, -0.15) is 8.42 Å². The second kappa shape index (κ2) is 6.14. The number of fused-ring (bicyclic) bond motifs is 2. The van der Waals surface area contributed by atoms with E-state index in [1.807, 2.05) is 0 Å². The third kappa shape index (κ3) is 2.81. The van der Waals surface area contributed by atoms with Crippen LogP contribution in [-0.4, -0.2) is 13.0 Å². The van der Waals surface area contributed by atoms with Crippen LogP contribution in [0.15, 0.2) is 71.3 Å². The molecule has 0 fully saturated rings. The fourth-order valence-electron chi connectivity index (χ4n) is 2.74. The molecule has 0 radical (unpaired) electrons. The molecule has 0 amide bonds. The lowest BCUT2D eigenvalue weighted by atomic mass is 10.1. The molecule has 1 N–H and O–H groups in total. The number of hydrogen-bond acceptors (Lipinski definition) is 4. The second-order valence-electron chi connectivity index (χ2n) is 5.34. The Balaban J connectivity index is 2.36. The van der Waals surface area contributed by atoms with Crippen molar-refractivity contribution in [3.63, 3.8) is 0 Å². The Morgan fingerprint density at radius 2 is 1.54 bits per heavy atom. The van der Waals surface area contributed by atoms with Crippen LogP contribution in [0, 0.1) is 0 Å². The lowest BCUT2D eigenvalue weighted by Crippen LogP contribution is -2.26. The lowest BCUT2D eigenvalue weighted by molar-refractivity contribution is 0.473. The predicted octanol–water partition coefficient (Wildman–Crippen LogP) is 4.63. The van der Waals surface area contributed by atoms with Crippen molar-refractivity contribution in [1.29, 1.82) is 0 Å². The molecule has 0 saturated carbocycles. The molecule has 6 heteroatoms. The molecular weight excluding hydrogens is 326 g/mol. The maximum atomic E-state index is 12.1. The van der Waals surface area contributed by atoms with Crippen LogP contribution < -0.4 is 9.64 Å². The highest BCUT2D eigenvalue weighted by Crippen LogP contribution is 2.49. The number of hydrogen-bond donors (Lipinski definition) is 1. The summed E-state index contributed by atoms with van der Waals surface area (Å²) in [5, 5.41) is -0.191. The minimum Gasteiger partial charge on any atom is -0.453 e. The zero-order valence-corrected chi connectivity index (χ0v) is 14.1. The molecule has 0 bridgehead atoms. The Hall–Kier alpha value is -2.57. The molecule has 2 aromatic rings. The number of nitrogens with zero attached hydrogens (tertiary/aromatic N) is 1. The third-order valence-corrected chi connectivity index (χ3v) is 4.63. The molecule has 3 rings (SSSR count). The van der Waals surface area contributed by atoms with Crippen molar-refractivity contribution in [3.8, 4) is 11.5 Å². The van der Waals surface area contributed by atoms with E-state index in [2.05, 4.69) is 0 Å². The fourth-order valence-corrected chi connectivity index (χ4v) is 3.64. The van der Waals surface area contributed by atoms with Gasteiger partial charge in [0.25, 0.3) is 0 Å². The average Bonchev–Trinajstić information content (AvgIpc) is 2.53. The summed E-state index contributed by atoms with van der Waals surface area (Å²) in [6.45, 7) is 3.43. The zero-order valence-electron chi connectivity index (χ0n) is 13.3. The Morgan fingerprint density at radius 3 is 2.00 bits per heavy atom. The van der Waals surface area contributed by atoms with E-state index in [1.54, 1.807) is 74.5 Å². The van der Waals surface area contributed by atoms with Gasteiger partial charge < -0.3 is 4.74 Å². The SMILES string of the molecule is C/C=C/C(C)=C(/N1c2ccccc2Oc2ccccc21)S(=O)(=O)O. The minimum absolute atomic E-state index is 0.191. The number of benzene rings is 2. The van der Waals surface area contributed by atoms with E-state index >= 15 is 0 Å². The van der Waals surface area contributed by atoms with Gasteiger partial charge in [0.15, 0.2) is 16.5 Å². The van der Waals surface area contributed by atoms with Gasteiger partial charge >= 0.3 is 10.1 Å². The number of anilines is 2. The molecule has 0 atom stereocenters. The van der Waals surface area contributed by atoms with Crippen LogP contribution in [0.2, 0.25) is 0 Å². The first-order valence-corrected chi connectivity index (χ1v) is 8.84. The molecule has 0 spiro atoms. The largest absolute Gasteiger partial charge is 0.453 e. The summed E-state index contributed by atoms with van der Waals surface area (Å²) in [4.78, 5) is 1.51. The van der Waals surface area contributed by atoms with E-state index in [1.165, 1.54) is 4.90 Å². The van der Waals surface area contributed by atoms with Crippen molar-refractivity contribution in [2.24, 2.45) is 0 Å². The molecule has 0 unspecified atom stereocenters. The van der Waals surface area contributed by atoms with E-state index in [-0.39, 0.29) is 5.03 Å². The van der Waals surface area contributed by atoms with Gasteiger partial charge in [0.05, 0.1) is 11.4 Å². The first-order valence-electron chi connectivity index (χ1n) is 7.40. The highest BCUT2D eigenvalue weighted by molar-refractivity contribution is 7.90.